The minimum atomic E-state index is -0.377. The largest absolute Gasteiger partial charge is 0.447 e. The second-order valence-corrected chi connectivity index (χ2v) is 2.64. The van der Waals surface area contributed by atoms with Gasteiger partial charge in [0.2, 0.25) is 0 Å². The summed E-state index contributed by atoms with van der Waals surface area (Å²) < 4.78 is 4.68. The molecule has 1 heterocycles. The smallest absolute Gasteiger partial charge is 0.407 e. The molecule has 3 heteroatoms. The maximum Gasteiger partial charge on any atom is 0.407 e. The van der Waals surface area contributed by atoms with Crippen molar-refractivity contribution < 1.29 is 9.53 Å². The fraction of sp³-hybridized carbons (Fsp3) is 0.571. The van der Waals surface area contributed by atoms with E-state index in [-0.39, 0.29) is 11.6 Å². The minimum absolute atomic E-state index is 0.341. The summed E-state index contributed by atoms with van der Waals surface area (Å²) >= 11 is 0. The lowest BCUT2D eigenvalue weighted by molar-refractivity contribution is 0.173. The number of rotatable bonds is 1. The molecule has 1 aliphatic heterocycles. The van der Waals surface area contributed by atoms with Gasteiger partial charge in [0.15, 0.2) is 0 Å². The van der Waals surface area contributed by atoms with Crippen molar-refractivity contribution in [2.24, 2.45) is 0 Å². The highest BCUT2D eigenvalue weighted by Crippen LogP contribution is 2.14. The first-order valence-corrected chi connectivity index (χ1v) is 3.05. The van der Waals surface area contributed by atoms with Gasteiger partial charge in [-0.2, -0.15) is 0 Å². The Labute approximate surface area is 59.7 Å². The Morgan fingerprint density at radius 2 is 2.70 bits per heavy atom. The van der Waals surface area contributed by atoms with Gasteiger partial charge in [-0.25, -0.2) is 4.79 Å². The van der Waals surface area contributed by atoms with Crippen molar-refractivity contribution in [2.75, 3.05) is 6.61 Å². The van der Waals surface area contributed by atoms with Crippen LogP contribution >= 0.6 is 0 Å². The van der Waals surface area contributed by atoms with Crippen LogP contribution in [0.15, 0.2) is 0 Å². The minimum Gasteiger partial charge on any atom is -0.447 e. The van der Waals surface area contributed by atoms with Gasteiger partial charge >= 0.3 is 6.09 Å². The van der Waals surface area contributed by atoms with Gasteiger partial charge in [-0.1, -0.05) is 0 Å². The molecule has 1 fully saturated rings. The van der Waals surface area contributed by atoms with Crippen LogP contribution in [0.2, 0.25) is 0 Å². The van der Waals surface area contributed by atoms with E-state index in [1.54, 1.807) is 0 Å². The standard InChI is InChI=1S/C7H9NO2/c1-3-4-7(2)5-10-6(9)8-7/h1H,4-5H2,2H3,(H,8,9). The lowest BCUT2D eigenvalue weighted by atomic mass is 10.0. The number of carbonyl (C=O) groups excluding carboxylic acids is 1. The van der Waals surface area contributed by atoms with E-state index in [9.17, 15) is 4.79 Å². The third-order valence-corrected chi connectivity index (χ3v) is 1.42. The maximum absolute atomic E-state index is 10.5. The summed E-state index contributed by atoms with van der Waals surface area (Å²) in [4.78, 5) is 10.5. The molecule has 1 amide bonds. The zero-order valence-corrected chi connectivity index (χ0v) is 5.81. The highest BCUT2D eigenvalue weighted by atomic mass is 16.6. The summed E-state index contributed by atoms with van der Waals surface area (Å²) in [5.74, 6) is 2.48. The third kappa shape index (κ3) is 1.21. The van der Waals surface area contributed by atoms with Crippen LogP contribution in [-0.4, -0.2) is 18.2 Å². The molecule has 1 atom stereocenters. The Bertz CT molecular complexity index is 194. The highest BCUT2D eigenvalue weighted by Gasteiger charge is 2.33. The molecule has 1 saturated heterocycles. The second-order valence-electron chi connectivity index (χ2n) is 2.64. The quantitative estimate of drug-likeness (QED) is 0.537. The SMILES string of the molecule is C#CCC1(C)COC(=O)N1. The summed E-state index contributed by atoms with van der Waals surface area (Å²) in [5, 5.41) is 2.63. The number of alkyl carbamates (subject to hydrolysis) is 1. The molecule has 0 spiro atoms. The zero-order valence-electron chi connectivity index (χ0n) is 5.81. The van der Waals surface area contributed by atoms with Crippen molar-refractivity contribution in [3.63, 3.8) is 0 Å². The van der Waals surface area contributed by atoms with E-state index in [0.29, 0.717) is 13.0 Å². The maximum atomic E-state index is 10.5. The topological polar surface area (TPSA) is 38.3 Å². The molecule has 0 saturated carbocycles. The Morgan fingerprint density at radius 1 is 2.00 bits per heavy atom. The molecular weight excluding hydrogens is 130 g/mol. The molecule has 1 aliphatic rings. The van der Waals surface area contributed by atoms with E-state index in [0.717, 1.165) is 0 Å². The Hall–Kier alpha value is -1.17. The molecule has 0 aliphatic carbocycles. The van der Waals surface area contributed by atoms with Crippen LogP contribution < -0.4 is 5.32 Å². The molecular formula is C7H9NO2. The summed E-state index contributed by atoms with van der Waals surface area (Å²) in [6.07, 6.45) is 5.22. The molecule has 10 heavy (non-hydrogen) atoms. The number of carbonyl (C=O) groups is 1. The van der Waals surface area contributed by atoms with Crippen LogP contribution in [0.1, 0.15) is 13.3 Å². The van der Waals surface area contributed by atoms with Gasteiger partial charge in [0.05, 0.1) is 5.54 Å². The van der Waals surface area contributed by atoms with Crippen molar-refractivity contribution in [1.29, 1.82) is 0 Å². The van der Waals surface area contributed by atoms with E-state index >= 15 is 0 Å². The molecule has 1 unspecified atom stereocenters. The number of cyclic esters (lactones) is 1. The van der Waals surface area contributed by atoms with E-state index in [2.05, 4.69) is 16.0 Å². The molecule has 3 nitrogen and oxygen atoms in total. The molecule has 0 radical (unpaired) electrons. The molecule has 1 rings (SSSR count). The van der Waals surface area contributed by atoms with Crippen LogP contribution in [0.5, 0.6) is 0 Å². The van der Waals surface area contributed by atoms with E-state index in [4.69, 9.17) is 6.42 Å². The van der Waals surface area contributed by atoms with Gasteiger partial charge in [0, 0.05) is 6.42 Å². The van der Waals surface area contributed by atoms with Crippen LogP contribution in [0.3, 0.4) is 0 Å². The lowest BCUT2D eigenvalue weighted by Crippen LogP contribution is -2.39. The molecule has 0 aromatic rings. The molecule has 1 N–H and O–H groups in total. The second kappa shape index (κ2) is 2.22. The van der Waals surface area contributed by atoms with Crippen molar-refractivity contribution >= 4 is 6.09 Å². The fourth-order valence-corrected chi connectivity index (χ4v) is 0.864. The number of ether oxygens (including phenoxy) is 1. The predicted molar refractivity (Wildman–Crippen MR) is 36.3 cm³/mol. The van der Waals surface area contributed by atoms with Crippen LogP contribution in [0.4, 0.5) is 4.79 Å². The Balaban J connectivity index is 2.56. The summed E-state index contributed by atoms with van der Waals surface area (Å²) in [6.45, 7) is 2.23. The summed E-state index contributed by atoms with van der Waals surface area (Å²) in [5.41, 5.74) is -0.341. The summed E-state index contributed by atoms with van der Waals surface area (Å²) in [7, 11) is 0. The highest BCUT2D eigenvalue weighted by molar-refractivity contribution is 5.70. The first-order chi connectivity index (χ1) is 4.66. The molecule has 0 aromatic carbocycles. The fourth-order valence-electron chi connectivity index (χ4n) is 0.864. The molecule has 0 bridgehead atoms. The van der Waals surface area contributed by atoms with Gasteiger partial charge in [-0.05, 0) is 6.92 Å². The van der Waals surface area contributed by atoms with Crippen LogP contribution in [-0.2, 0) is 4.74 Å². The number of amides is 1. The number of hydrogen-bond donors (Lipinski definition) is 1. The van der Waals surface area contributed by atoms with Crippen molar-refractivity contribution in [2.45, 2.75) is 18.9 Å². The average molecular weight is 139 g/mol. The Kier molecular flexibility index (Phi) is 1.54. The summed E-state index contributed by atoms with van der Waals surface area (Å²) in [6, 6.07) is 0. The number of nitrogens with one attached hydrogen (secondary N) is 1. The van der Waals surface area contributed by atoms with E-state index < -0.39 is 0 Å². The Morgan fingerprint density at radius 3 is 3.10 bits per heavy atom. The van der Waals surface area contributed by atoms with Gasteiger partial charge in [0.25, 0.3) is 0 Å². The first-order valence-electron chi connectivity index (χ1n) is 3.05. The van der Waals surface area contributed by atoms with Crippen LogP contribution in [0.25, 0.3) is 0 Å². The molecule has 0 aromatic heterocycles. The van der Waals surface area contributed by atoms with Gasteiger partial charge in [0.1, 0.15) is 6.61 Å². The molecule has 54 valence electrons. The lowest BCUT2D eigenvalue weighted by Gasteiger charge is -2.16. The number of hydrogen-bond acceptors (Lipinski definition) is 2. The predicted octanol–water partition coefficient (Wildman–Crippen LogP) is 0.508. The zero-order chi connectivity index (χ0) is 7.61. The van der Waals surface area contributed by atoms with E-state index in [1.165, 1.54) is 0 Å². The van der Waals surface area contributed by atoms with Crippen molar-refractivity contribution in [3.05, 3.63) is 0 Å². The van der Waals surface area contributed by atoms with Crippen LogP contribution in [0, 0.1) is 12.3 Å². The van der Waals surface area contributed by atoms with E-state index in [1.807, 2.05) is 6.92 Å². The van der Waals surface area contributed by atoms with Crippen molar-refractivity contribution in [1.82, 2.24) is 5.32 Å². The average Bonchev–Trinajstić information content (AvgIpc) is 2.12. The first kappa shape index (κ1) is 6.94. The number of terminal acetylenes is 1. The van der Waals surface area contributed by atoms with Crippen molar-refractivity contribution in [3.8, 4) is 12.3 Å². The normalized spacial score (nSPS) is 30.6. The van der Waals surface area contributed by atoms with Gasteiger partial charge in [-0.3, -0.25) is 0 Å². The van der Waals surface area contributed by atoms with Gasteiger partial charge < -0.3 is 10.1 Å². The third-order valence-electron chi connectivity index (χ3n) is 1.42. The monoisotopic (exact) mass is 139 g/mol. The van der Waals surface area contributed by atoms with Gasteiger partial charge in [-0.15, -0.1) is 12.3 Å².